The first-order valence-corrected chi connectivity index (χ1v) is 13.3. The number of hydrogen-bond acceptors (Lipinski definition) is 7. The molecule has 0 radical (unpaired) electrons. The summed E-state index contributed by atoms with van der Waals surface area (Å²) in [6.45, 7) is 2.84. The molecule has 1 aromatic heterocycles. The van der Waals surface area contributed by atoms with Gasteiger partial charge in [0, 0.05) is 16.0 Å². The second kappa shape index (κ2) is 10.5. The van der Waals surface area contributed by atoms with Crippen LogP contribution in [0.25, 0.3) is 6.08 Å². The van der Waals surface area contributed by atoms with Crippen LogP contribution in [0.2, 0.25) is 0 Å². The van der Waals surface area contributed by atoms with Gasteiger partial charge >= 0.3 is 0 Å². The fraction of sp³-hybridized carbons (Fsp3) is 0.174. The van der Waals surface area contributed by atoms with Crippen LogP contribution in [0.5, 0.6) is 11.5 Å². The average Bonchev–Trinajstić information content (AvgIpc) is 3.37. The molecule has 4 rings (SSSR count). The zero-order chi connectivity index (χ0) is 22.7. The summed E-state index contributed by atoms with van der Waals surface area (Å²) in [5.74, 6) is 0.630. The van der Waals surface area contributed by atoms with Crippen LogP contribution >= 0.6 is 61.6 Å². The molecule has 32 heavy (non-hydrogen) atoms. The molecule has 0 unspecified atom stereocenters. The average molecular weight is 641 g/mol. The Labute approximate surface area is 216 Å². The highest BCUT2D eigenvalue weighted by molar-refractivity contribution is 14.1. The molecular weight excluding hydrogens is 623 g/mol. The van der Waals surface area contributed by atoms with Crippen LogP contribution in [0.4, 0.5) is 0 Å². The topological polar surface area (TPSA) is 72.3 Å². The molecule has 1 saturated heterocycles. The highest BCUT2D eigenvalue weighted by Crippen LogP contribution is 2.42. The molecule has 3 aromatic rings. The van der Waals surface area contributed by atoms with E-state index in [4.69, 9.17) is 14.9 Å². The summed E-state index contributed by atoms with van der Waals surface area (Å²) in [7, 11) is 0. The lowest BCUT2D eigenvalue weighted by Crippen LogP contribution is -2.11. The van der Waals surface area contributed by atoms with E-state index in [2.05, 4.69) is 43.5 Å². The second-order valence-electron chi connectivity index (χ2n) is 6.82. The molecule has 0 spiro atoms. The van der Waals surface area contributed by atoms with Crippen molar-refractivity contribution in [3.8, 4) is 11.5 Å². The zero-order valence-corrected chi connectivity index (χ0v) is 22.3. The van der Waals surface area contributed by atoms with Gasteiger partial charge in [0.15, 0.2) is 17.3 Å². The molecule has 5 nitrogen and oxygen atoms in total. The number of thiazole rings is 1. The van der Waals surface area contributed by atoms with Gasteiger partial charge in [-0.25, -0.2) is 4.98 Å². The van der Waals surface area contributed by atoms with Crippen LogP contribution in [0.1, 0.15) is 29.0 Å². The number of rotatable bonds is 7. The molecule has 1 aliphatic heterocycles. The van der Waals surface area contributed by atoms with Crippen molar-refractivity contribution in [1.29, 1.82) is 5.41 Å². The minimum Gasteiger partial charge on any atom is -0.490 e. The van der Waals surface area contributed by atoms with E-state index in [0.717, 1.165) is 19.2 Å². The van der Waals surface area contributed by atoms with Crippen molar-refractivity contribution in [2.45, 2.75) is 19.4 Å². The van der Waals surface area contributed by atoms with E-state index in [0.29, 0.717) is 39.7 Å². The van der Waals surface area contributed by atoms with Crippen molar-refractivity contribution in [1.82, 2.24) is 4.98 Å². The molecule has 0 bridgehead atoms. The summed E-state index contributed by atoms with van der Waals surface area (Å²) in [6, 6.07) is 11.8. The predicted molar refractivity (Wildman–Crippen MR) is 142 cm³/mol. The Kier molecular flexibility index (Phi) is 7.70. The predicted octanol–water partition coefficient (Wildman–Crippen LogP) is 6.91. The maximum absolute atomic E-state index is 12.9. The van der Waals surface area contributed by atoms with E-state index in [9.17, 15) is 4.79 Å². The minimum absolute atomic E-state index is 0.0847. The number of thioether (sulfide) groups is 1. The number of hydrogen-bond donors (Lipinski definition) is 1. The number of nitrogens with zero attached hydrogens (tertiary/aromatic N) is 1. The first kappa shape index (κ1) is 23.5. The van der Waals surface area contributed by atoms with Gasteiger partial charge in [0.1, 0.15) is 17.5 Å². The molecule has 0 aliphatic carbocycles. The highest BCUT2D eigenvalue weighted by atomic mass is 127. The maximum atomic E-state index is 12.9. The molecule has 2 aromatic carbocycles. The Morgan fingerprint density at radius 2 is 2.03 bits per heavy atom. The largest absolute Gasteiger partial charge is 0.490 e. The van der Waals surface area contributed by atoms with Crippen molar-refractivity contribution < 1.29 is 14.3 Å². The third kappa shape index (κ3) is 5.27. The SMILES string of the molecule is CCOc1cc(/C=C2\SC(=N)[C@H](c3nccs3)C2=O)cc(I)c1OCc1ccc(Br)cc1. The van der Waals surface area contributed by atoms with Crippen LogP contribution in [-0.2, 0) is 11.4 Å². The Bertz CT molecular complexity index is 1180. The quantitative estimate of drug-likeness (QED) is 0.225. The number of carbonyl (C=O) groups excluding carboxylic acids is 1. The Hall–Kier alpha value is -1.69. The van der Waals surface area contributed by atoms with Crippen LogP contribution in [-0.4, -0.2) is 22.4 Å². The minimum atomic E-state index is -0.592. The van der Waals surface area contributed by atoms with Gasteiger partial charge in [-0.2, -0.15) is 0 Å². The van der Waals surface area contributed by atoms with E-state index in [-0.39, 0.29) is 5.78 Å². The lowest BCUT2D eigenvalue weighted by atomic mass is 10.0. The maximum Gasteiger partial charge on any atom is 0.186 e. The molecule has 1 atom stereocenters. The lowest BCUT2D eigenvalue weighted by molar-refractivity contribution is -0.114. The number of carbonyl (C=O) groups is 1. The number of benzene rings is 2. The smallest absolute Gasteiger partial charge is 0.186 e. The van der Waals surface area contributed by atoms with E-state index < -0.39 is 5.92 Å². The van der Waals surface area contributed by atoms with Crippen molar-refractivity contribution in [3.63, 3.8) is 0 Å². The Morgan fingerprint density at radius 1 is 1.25 bits per heavy atom. The monoisotopic (exact) mass is 640 g/mol. The van der Waals surface area contributed by atoms with Crippen LogP contribution in [0, 0.1) is 8.98 Å². The molecule has 164 valence electrons. The molecule has 1 N–H and O–H groups in total. The molecule has 1 aliphatic rings. The molecule has 0 saturated carbocycles. The van der Waals surface area contributed by atoms with Gasteiger partial charge in [-0.15, -0.1) is 11.3 Å². The second-order valence-corrected chi connectivity index (χ2v) is 10.9. The third-order valence-corrected chi connectivity index (χ3v) is 7.78. The number of allylic oxidation sites excluding steroid dienone is 1. The summed E-state index contributed by atoms with van der Waals surface area (Å²) >= 11 is 8.26. The Balaban J connectivity index is 1.59. The van der Waals surface area contributed by atoms with Crippen molar-refractivity contribution in [2.24, 2.45) is 0 Å². The van der Waals surface area contributed by atoms with Gasteiger partial charge in [-0.05, 0) is 71.0 Å². The Morgan fingerprint density at radius 3 is 2.72 bits per heavy atom. The van der Waals surface area contributed by atoms with E-state index in [1.165, 1.54) is 23.1 Å². The number of ketones is 1. The zero-order valence-electron chi connectivity index (χ0n) is 16.9. The first-order valence-electron chi connectivity index (χ1n) is 9.71. The van der Waals surface area contributed by atoms with Gasteiger partial charge in [0.05, 0.1) is 20.1 Å². The van der Waals surface area contributed by atoms with Crippen molar-refractivity contribution in [2.75, 3.05) is 6.61 Å². The fourth-order valence-corrected chi connectivity index (χ4v) is 6.00. The number of aromatic nitrogens is 1. The van der Waals surface area contributed by atoms with Crippen molar-refractivity contribution >= 4 is 78.5 Å². The van der Waals surface area contributed by atoms with Crippen LogP contribution < -0.4 is 9.47 Å². The molecular formula is C23H18BrIN2O3S2. The van der Waals surface area contributed by atoms with E-state index >= 15 is 0 Å². The van der Waals surface area contributed by atoms with Crippen LogP contribution in [0.3, 0.4) is 0 Å². The summed E-state index contributed by atoms with van der Waals surface area (Å²) in [5, 5.41) is 11.1. The standard InChI is InChI=1S/C23H18BrIN2O3S2/c1-2-29-17-10-14(9-16(25)21(17)30-12-13-3-5-15(24)6-4-13)11-18-20(28)19(22(26)32-18)23-27-7-8-31-23/h3-11,19,26H,2,12H2,1H3/b18-11-,26-22?/t19-/m1/s1. The van der Waals surface area contributed by atoms with Gasteiger partial charge in [-0.1, -0.05) is 39.8 Å². The van der Waals surface area contributed by atoms with Gasteiger partial charge < -0.3 is 9.47 Å². The normalized spacial score (nSPS) is 17.2. The number of ether oxygens (including phenoxy) is 2. The fourth-order valence-electron chi connectivity index (χ4n) is 3.15. The van der Waals surface area contributed by atoms with Crippen LogP contribution in [0.15, 0.2) is 57.4 Å². The lowest BCUT2D eigenvalue weighted by Gasteiger charge is -2.15. The van der Waals surface area contributed by atoms with E-state index in [1.54, 1.807) is 6.20 Å². The molecule has 1 fully saturated rings. The number of halogens is 2. The van der Waals surface area contributed by atoms with Crippen molar-refractivity contribution in [3.05, 3.63) is 77.1 Å². The molecule has 9 heteroatoms. The molecule has 2 heterocycles. The highest BCUT2D eigenvalue weighted by Gasteiger charge is 2.38. The van der Waals surface area contributed by atoms with E-state index in [1.807, 2.05) is 54.8 Å². The van der Waals surface area contributed by atoms with Gasteiger partial charge in [0.2, 0.25) is 0 Å². The number of nitrogens with one attached hydrogen (secondary N) is 1. The third-order valence-electron chi connectivity index (χ3n) is 4.61. The summed E-state index contributed by atoms with van der Waals surface area (Å²) in [6.07, 6.45) is 3.48. The summed E-state index contributed by atoms with van der Waals surface area (Å²) in [5.41, 5.74) is 1.88. The number of Topliss-reactive ketones (excluding diaryl/α,β-unsaturated/α-hetero) is 1. The summed E-state index contributed by atoms with van der Waals surface area (Å²) < 4.78 is 13.9. The molecule has 0 amide bonds. The summed E-state index contributed by atoms with van der Waals surface area (Å²) in [4.78, 5) is 17.7. The van der Waals surface area contributed by atoms with Gasteiger partial charge in [-0.3, -0.25) is 10.2 Å². The first-order chi connectivity index (χ1) is 15.5. The van der Waals surface area contributed by atoms with Gasteiger partial charge in [0.25, 0.3) is 0 Å².